The van der Waals surface area contributed by atoms with Gasteiger partial charge in [-0.3, -0.25) is 14.5 Å². The maximum Gasteiger partial charge on any atom is 0.0641 e. The molecule has 0 aromatic carbocycles. The van der Waals surface area contributed by atoms with Crippen molar-refractivity contribution < 1.29 is 0 Å². The SMILES string of the molecule is CCN1CCC[C@H]1CN(Cc1cccs1)Cc1c(C)nn(C(C)C)c1C. The number of likely N-dealkylation sites (tertiary alicyclic amines) is 1. The Morgan fingerprint density at radius 2 is 2.12 bits per heavy atom. The van der Waals surface area contributed by atoms with Crippen molar-refractivity contribution >= 4 is 11.3 Å². The van der Waals surface area contributed by atoms with E-state index in [2.05, 4.69) is 66.6 Å². The van der Waals surface area contributed by atoms with Crippen LogP contribution in [0.15, 0.2) is 17.5 Å². The Kier molecular flexibility index (Phi) is 6.54. The van der Waals surface area contributed by atoms with Crippen LogP contribution in [0.2, 0.25) is 0 Å². The summed E-state index contributed by atoms with van der Waals surface area (Å²) in [5.74, 6) is 0. The summed E-state index contributed by atoms with van der Waals surface area (Å²) in [6.07, 6.45) is 2.67. The first kappa shape index (κ1) is 19.6. The molecule has 1 aliphatic heterocycles. The fraction of sp³-hybridized carbons (Fsp3) is 0.667. The summed E-state index contributed by atoms with van der Waals surface area (Å²) in [6, 6.07) is 5.54. The third-order valence-electron chi connectivity index (χ3n) is 5.68. The van der Waals surface area contributed by atoms with Gasteiger partial charge in [-0.25, -0.2) is 0 Å². The van der Waals surface area contributed by atoms with Gasteiger partial charge in [0.2, 0.25) is 0 Å². The molecule has 5 heteroatoms. The molecule has 2 aromatic rings. The van der Waals surface area contributed by atoms with E-state index in [1.807, 2.05) is 11.3 Å². The minimum Gasteiger partial charge on any atom is -0.299 e. The zero-order valence-corrected chi connectivity index (χ0v) is 17.9. The lowest BCUT2D eigenvalue weighted by molar-refractivity contribution is 0.166. The van der Waals surface area contributed by atoms with E-state index in [-0.39, 0.29) is 0 Å². The zero-order valence-electron chi connectivity index (χ0n) is 17.0. The molecule has 0 aliphatic carbocycles. The van der Waals surface area contributed by atoms with Gasteiger partial charge in [-0.1, -0.05) is 13.0 Å². The first-order valence-electron chi connectivity index (χ1n) is 10.0. The number of hydrogen-bond acceptors (Lipinski definition) is 4. The monoisotopic (exact) mass is 374 g/mol. The Morgan fingerprint density at radius 1 is 1.31 bits per heavy atom. The molecule has 3 heterocycles. The van der Waals surface area contributed by atoms with Crippen LogP contribution in [0.3, 0.4) is 0 Å². The smallest absolute Gasteiger partial charge is 0.0641 e. The highest BCUT2D eigenvalue weighted by Crippen LogP contribution is 2.24. The maximum atomic E-state index is 4.80. The number of hydrogen-bond donors (Lipinski definition) is 0. The van der Waals surface area contributed by atoms with Gasteiger partial charge in [-0.15, -0.1) is 11.3 Å². The second-order valence-corrected chi connectivity index (χ2v) is 8.89. The molecular formula is C21H34N4S. The van der Waals surface area contributed by atoms with Gasteiger partial charge in [0, 0.05) is 47.9 Å². The standard InChI is InChI=1S/C21H34N4S/c1-6-24-11-7-9-19(24)13-23(14-20-10-8-12-26-20)15-21-17(4)22-25(16(2)3)18(21)5/h8,10,12,16,19H,6-7,9,11,13-15H2,1-5H3/t19-/m0/s1. The van der Waals surface area contributed by atoms with Crippen molar-refractivity contribution in [3.05, 3.63) is 39.3 Å². The van der Waals surface area contributed by atoms with Gasteiger partial charge in [0.15, 0.2) is 0 Å². The molecule has 4 nitrogen and oxygen atoms in total. The Morgan fingerprint density at radius 3 is 2.73 bits per heavy atom. The Balaban J connectivity index is 1.79. The molecule has 1 atom stereocenters. The van der Waals surface area contributed by atoms with Crippen LogP contribution in [0, 0.1) is 13.8 Å². The Labute approximate surface area is 162 Å². The van der Waals surface area contributed by atoms with Gasteiger partial charge < -0.3 is 0 Å². The van der Waals surface area contributed by atoms with E-state index in [4.69, 9.17) is 5.10 Å². The van der Waals surface area contributed by atoms with Crippen LogP contribution in [0.25, 0.3) is 0 Å². The summed E-state index contributed by atoms with van der Waals surface area (Å²) in [7, 11) is 0. The van der Waals surface area contributed by atoms with Crippen LogP contribution in [0.1, 0.15) is 61.5 Å². The summed E-state index contributed by atoms with van der Waals surface area (Å²) in [5, 5.41) is 6.99. The maximum absolute atomic E-state index is 4.80. The van der Waals surface area contributed by atoms with Gasteiger partial charge in [-0.2, -0.15) is 5.10 Å². The molecule has 0 N–H and O–H groups in total. The molecule has 0 spiro atoms. The van der Waals surface area contributed by atoms with Crippen molar-refractivity contribution in [1.29, 1.82) is 0 Å². The topological polar surface area (TPSA) is 24.3 Å². The predicted molar refractivity (Wildman–Crippen MR) is 111 cm³/mol. The van der Waals surface area contributed by atoms with Crippen molar-refractivity contribution in [3.63, 3.8) is 0 Å². The number of aryl methyl sites for hydroxylation is 1. The first-order chi connectivity index (χ1) is 12.5. The highest BCUT2D eigenvalue weighted by molar-refractivity contribution is 7.09. The molecule has 1 fully saturated rings. The molecule has 2 aromatic heterocycles. The minimum atomic E-state index is 0.415. The molecule has 0 radical (unpaired) electrons. The average Bonchev–Trinajstić information content (AvgIpc) is 3.32. The zero-order chi connectivity index (χ0) is 18.7. The molecule has 1 aliphatic rings. The molecule has 26 heavy (non-hydrogen) atoms. The van der Waals surface area contributed by atoms with E-state index in [0.717, 1.165) is 19.6 Å². The number of thiophene rings is 1. The first-order valence-corrected chi connectivity index (χ1v) is 10.9. The molecule has 0 saturated carbocycles. The summed E-state index contributed by atoms with van der Waals surface area (Å²) in [5.41, 5.74) is 3.93. The van der Waals surface area contributed by atoms with Crippen LogP contribution in [0.5, 0.6) is 0 Å². The lowest BCUT2D eigenvalue weighted by atomic mass is 10.1. The molecule has 144 valence electrons. The Hall–Kier alpha value is -1.17. The van der Waals surface area contributed by atoms with Crippen LogP contribution >= 0.6 is 11.3 Å². The highest BCUT2D eigenvalue weighted by Gasteiger charge is 2.26. The largest absolute Gasteiger partial charge is 0.299 e. The molecule has 0 amide bonds. The minimum absolute atomic E-state index is 0.415. The van der Waals surface area contributed by atoms with Gasteiger partial charge in [0.25, 0.3) is 0 Å². The summed E-state index contributed by atoms with van der Waals surface area (Å²) in [4.78, 5) is 6.75. The van der Waals surface area contributed by atoms with E-state index in [9.17, 15) is 0 Å². The van der Waals surface area contributed by atoms with Crippen molar-refractivity contribution in [1.82, 2.24) is 19.6 Å². The summed E-state index contributed by atoms with van der Waals surface area (Å²) < 4.78 is 2.18. The van der Waals surface area contributed by atoms with Gasteiger partial charge in [-0.05, 0) is 65.1 Å². The van der Waals surface area contributed by atoms with Gasteiger partial charge in [0.05, 0.1) is 5.69 Å². The van der Waals surface area contributed by atoms with E-state index < -0.39 is 0 Å². The number of likely N-dealkylation sites (N-methyl/N-ethyl adjacent to an activating group) is 1. The lowest BCUT2D eigenvalue weighted by Gasteiger charge is -2.30. The van der Waals surface area contributed by atoms with Crippen LogP contribution in [0.4, 0.5) is 0 Å². The number of rotatable bonds is 8. The fourth-order valence-corrected chi connectivity index (χ4v) is 5.02. The van der Waals surface area contributed by atoms with E-state index in [1.54, 1.807) is 0 Å². The fourth-order valence-electron chi connectivity index (χ4n) is 4.28. The van der Waals surface area contributed by atoms with E-state index in [1.165, 1.54) is 47.8 Å². The van der Waals surface area contributed by atoms with E-state index in [0.29, 0.717) is 12.1 Å². The molecular weight excluding hydrogens is 340 g/mol. The number of nitrogens with zero attached hydrogens (tertiary/aromatic N) is 4. The normalized spacial score (nSPS) is 18.5. The number of aromatic nitrogens is 2. The van der Waals surface area contributed by atoms with Gasteiger partial charge >= 0.3 is 0 Å². The second kappa shape index (κ2) is 8.68. The third kappa shape index (κ3) is 4.38. The van der Waals surface area contributed by atoms with E-state index >= 15 is 0 Å². The van der Waals surface area contributed by atoms with Crippen molar-refractivity contribution in [2.45, 2.75) is 72.6 Å². The molecule has 0 unspecified atom stereocenters. The molecule has 1 saturated heterocycles. The van der Waals surface area contributed by atoms with Gasteiger partial charge in [0.1, 0.15) is 0 Å². The van der Waals surface area contributed by atoms with Crippen molar-refractivity contribution in [2.75, 3.05) is 19.6 Å². The lowest BCUT2D eigenvalue weighted by Crippen LogP contribution is -2.39. The summed E-state index contributed by atoms with van der Waals surface area (Å²) in [6.45, 7) is 16.7. The van der Waals surface area contributed by atoms with Crippen LogP contribution < -0.4 is 0 Å². The second-order valence-electron chi connectivity index (χ2n) is 7.86. The van der Waals surface area contributed by atoms with Crippen molar-refractivity contribution in [3.8, 4) is 0 Å². The summed E-state index contributed by atoms with van der Waals surface area (Å²) >= 11 is 1.87. The molecule has 0 bridgehead atoms. The van der Waals surface area contributed by atoms with Crippen LogP contribution in [-0.4, -0.2) is 45.3 Å². The molecule has 3 rings (SSSR count). The third-order valence-corrected chi connectivity index (χ3v) is 6.54. The van der Waals surface area contributed by atoms with Crippen LogP contribution in [-0.2, 0) is 13.1 Å². The average molecular weight is 375 g/mol. The predicted octanol–water partition coefficient (Wildman–Crippen LogP) is 4.63. The quantitative estimate of drug-likeness (QED) is 0.673. The highest BCUT2D eigenvalue weighted by atomic mass is 32.1. The Bertz CT molecular complexity index is 689. The van der Waals surface area contributed by atoms with Crippen molar-refractivity contribution in [2.24, 2.45) is 0 Å².